The first-order valence-electron chi connectivity index (χ1n) is 3.53. The summed E-state index contributed by atoms with van der Waals surface area (Å²) in [5, 5.41) is 11.6. The van der Waals surface area contributed by atoms with E-state index in [-0.39, 0.29) is 0 Å². The summed E-state index contributed by atoms with van der Waals surface area (Å²) >= 11 is 1.53. The Morgan fingerprint density at radius 2 is 2.31 bits per heavy atom. The number of carboxylic acid groups (broad SMARTS) is 1. The molecule has 0 spiro atoms. The molecule has 5 heteroatoms. The molecular formula is C8H11NO3S. The highest BCUT2D eigenvalue weighted by Gasteiger charge is 1.99. The summed E-state index contributed by atoms with van der Waals surface area (Å²) < 4.78 is 0. The molecule has 3 N–H and O–H groups in total. The van der Waals surface area contributed by atoms with Gasteiger partial charge in [-0.05, 0) is 18.4 Å². The van der Waals surface area contributed by atoms with Crippen molar-refractivity contribution in [2.75, 3.05) is 0 Å². The van der Waals surface area contributed by atoms with Crippen LogP contribution in [0.1, 0.15) is 17.3 Å². The molecule has 1 rings (SSSR count). The largest absolute Gasteiger partial charge is 0.480 e. The molecule has 0 fully saturated rings. The van der Waals surface area contributed by atoms with Crippen LogP contribution < -0.4 is 5.73 Å². The number of nitrogens with two attached hydrogens (primary N) is 1. The Labute approximate surface area is 80.0 Å². The second kappa shape index (κ2) is 6.33. The maximum atomic E-state index is 9.87. The number of carbonyl (C=O) groups excluding carboxylic acids is 1. The molecule has 0 aliphatic rings. The van der Waals surface area contributed by atoms with Crippen molar-refractivity contribution in [3.8, 4) is 0 Å². The maximum absolute atomic E-state index is 9.87. The van der Waals surface area contributed by atoms with Gasteiger partial charge in [0.25, 0.3) is 0 Å². The number of rotatable bonds is 2. The Balaban J connectivity index is 0.000000226. The molecule has 0 saturated carbocycles. The van der Waals surface area contributed by atoms with E-state index in [1.54, 1.807) is 6.07 Å². The van der Waals surface area contributed by atoms with E-state index < -0.39 is 12.0 Å². The summed E-state index contributed by atoms with van der Waals surface area (Å²) in [6.45, 7) is 1.42. The van der Waals surface area contributed by atoms with Gasteiger partial charge in [0.05, 0.1) is 0 Å². The molecule has 1 aromatic heterocycles. The van der Waals surface area contributed by atoms with Crippen LogP contribution in [0.5, 0.6) is 0 Å². The second-order valence-corrected chi connectivity index (χ2v) is 3.08. The van der Waals surface area contributed by atoms with Crippen LogP contribution in [0.15, 0.2) is 16.8 Å². The number of thiophene rings is 1. The molecule has 1 heterocycles. The molecule has 72 valence electrons. The van der Waals surface area contributed by atoms with E-state index in [4.69, 9.17) is 10.8 Å². The van der Waals surface area contributed by atoms with Crippen molar-refractivity contribution in [3.63, 3.8) is 0 Å². The fraction of sp³-hybridized carbons (Fsp3) is 0.250. The number of aldehydes is 1. The van der Waals surface area contributed by atoms with E-state index in [1.165, 1.54) is 18.3 Å². The van der Waals surface area contributed by atoms with Gasteiger partial charge in [-0.25, -0.2) is 0 Å². The van der Waals surface area contributed by atoms with Gasteiger partial charge >= 0.3 is 5.97 Å². The smallest absolute Gasteiger partial charge is 0.320 e. The van der Waals surface area contributed by atoms with Crippen LogP contribution in [-0.2, 0) is 4.79 Å². The Morgan fingerprint density at radius 3 is 2.46 bits per heavy atom. The number of aliphatic carboxylic acids is 1. The van der Waals surface area contributed by atoms with Crippen LogP contribution >= 0.6 is 11.3 Å². The van der Waals surface area contributed by atoms with Crippen molar-refractivity contribution in [2.24, 2.45) is 5.73 Å². The standard InChI is InChI=1S/C5H4OS.C3H7NO2/c6-3-5-1-2-7-4-5;1-2(4)3(5)6/h1-4H;2H,4H2,1H3,(H,5,6)/t;2-/m.0/s1. The molecule has 0 aliphatic carbocycles. The molecule has 0 bridgehead atoms. The van der Waals surface area contributed by atoms with Crippen LogP contribution in [0.4, 0.5) is 0 Å². The quantitative estimate of drug-likeness (QED) is 0.699. The third-order valence-electron chi connectivity index (χ3n) is 1.07. The lowest BCUT2D eigenvalue weighted by atomic mass is 10.4. The molecule has 1 atom stereocenters. The van der Waals surface area contributed by atoms with Crippen molar-refractivity contribution < 1.29 is 14.7 Å². The van der Waals surface area contributed by atoms with Crippen molar-refractivity contribution in [1.82, 2.24) is 0 Å². The molecule has 0 aliphatic heterocycles. The van der Waals surface area contributed by atoms with E-state index in [2.05, 4.69) is 0 Å². The fourth-order valence-electron chi connectivity index (χ4n) is 0.342. The van der Waals surface area contributed by atoms with E-state index in [9.17, 15) is 9.59 Å². The van der Waals surface area contributed by atoms with Crippen molar-refractivity contribution in [2.45, 2.75) is 13.0 Å². The predicted molar refractivity (Wildman–Crippen MR) is 51.0 cm³/mol. The summed E-state index contributed by atoms with van der Waals surface area (Å²) in [5.41, 5.74) is 5.60. The minimum absolute atomic E-state index is 0.731. The molecule has 13 heavy (non-hydrogen) atoms. The van der Waals surface area contributed by atoms with Crippen LogP contribution in [-0.4, -0.2) is 23.4 Å². The summed E-state index contributed by atoms with van der Waals surface area (Å²) in [5.74, 6) is -0.963. The van der Waals surface area contributed by atoms with Crippen molar-refractivity contribution in [3.05, 3.63) is 22.4 Å². The Hall–Kier alpha value is -1.20. The van der Waals surface area contributed by atoms with Gasteiger partial charge in [0, 0.05) is 10.9 Å². The molecular weight excluding hydrogens is 190 g/mol. The molecule has 0 radical (unpaired) electrons. The molecule has 4 nitrogen and oxygen atoms in total. The highest BCUT2D eigenvalue weighted by Crippen LogP contribution is 2.00. The average molecular weight is 201 g/mol. The zero-order valence-electron chi connectivity index (χ0n) is 7.14. The lowest BCUT2D eigenvalue weighted by Crippen LogP contribution is -2.25. The van der Waals surface area contributed by atoms with Crippen molar-refractivity contribution >= 4 is 23.6 Å². The monoisotopic (exact) mass is 201 g/mol. The van der Waals surface area contributed by atoms with Gasteiger partial charge in [0.15, 0.2) is 6.29 Å². The molecule has 0 amide bonds. The number of carbonyl (C=O) groups is 2. The first kappa shape index (κ1) is 11.8. The summed E-state index contributed by atoms with van der Waals surface area (Å²) in [6.07, 6.45) is 0.844. The summed E-state index contributed by atoms with van der Waals surface area (Å²) in [6, 6.07) is 1.06. The minimum Gasteiger partial charge on any atom is -0.480 e. The van der Waals surface area contributed by atoms with Gasteiger partial charge < -0.3 is 10.8 Å². The van der Waals surface area contributed by atoms with Gasteiger partial charge in [0.1, 0.15) is 6.04 Å². The zero-order valence-corrected chi connectivity index (χ0v) is 7.95. The lowest BCUT2D eigenvalue weighted by Gasteiger charge is -1.90. The van der Waals surface area contributed by atoms with Crippen LogP contribution in [0.25, 0.3) is 0 Å². The lowest BCUT2D eigenvalue weighted by molar-refractivity contribution is -0.138. The van der Waals surface area contributed by atoms with Crippen LogP contribution in [0.2, 0.25) is 0 Å². The SMILES string of the molecule is C[C@H](N)C(=O)O.O=Cc1ccsc1. The third-order valence-corrected chi connectivity index (χ3v) is 1.77. The van der Waals surface area contributed by atoms with E-state index in [1.807, 2.05) is 10.8 Å². The van der Waals surface area contributed by atoms with E-state index >= 15 is 0 Å². The normalized spacial score (nSPS) is 10.9. The number of carboxylic acids is 1. The van der Waals surface area contributed by atoms with Gasteiger partial charge in [-0.1, -0.05) is 0 Å². The highest BCUT2D eigenvalue weighted by molar-refractivity contribution is 7.08. The topological polar surface area (TPSA) is 80.4 Å². The summed E-state index contributed by atoms with van der Waals surface area (Å²) in [7, 11) is 0. The van der Waals surface area contributed by atoms with Gasteiger partial charge in [-0.2, -0.15) is 11.3 Å². The molecule has 0 aromatic carbocycles. The highest BCUT2D eigenvalue weighted by atomic mass is 32.1. The van der Waals surface area contributed by atoms with Gasteiger partial charge in [-0.3, -0.25) is 9.59 Å². The Morgan fingerprint density at radius 1 is 1.77 bits per heavy atom. The molecule has 0 unspecified atom stereocenters. The van der Waals surface area contributed by atoms with Crippen molar-refractivity contribution in [1.29, 1.82) is 0 Å². The first-order valence-corrected chi connectivity index (χ1v) is 4.48. The number of hydrogen-bond donors (Lipinski definition) is 2. The Kier molecular flexibility index (Phi) is 5.75. The van der Waals surface area contributed by atoms with Gasteiger partial charge in [0.2, 0.25) is 0 Å². The van der Waals surface area contributed by atoms with Gasteiger partial charge in [-0.15, -0.1) is 0 Å². The third kappa shape index (κ3) is 6.01. The van der Waals surface area contributed by atoms with Crippen LogP contribution in [0, 0.1) is 0 Å². The Bertz CT molecular complexity index is 256. The van der Waals surface area contributed by atoms with E-state index in [0.29, 0.717) is 0 Å². The summed E-state index contributed by atoms with van der Waals surface area (Å²) in [4.78, 5) is 19.4. The fourth-order valence-corrected chi connectivity index (χ4v) is 0.948. The minimum atomic E-state index is -0.963. The number of hydrogen-bond acceptors (Lipinski definition) is 4. The maximum Gasteiger partial charge on any atom is 0.320 e. The second-order valence-electron chi connectivity index (χ2n) is 2.30. The predicted octanol–water partition coefficient (Wildman–Crippen LogP) is 0.979. The zero-order chi connectivity index (χ0) is 10.3. The first-order chi connectivity index (χ1) is 6.07. The molecule has 1 aromatic rings. The van der Waals surface area contributed by atoms with E-state index in [0.717, 1.165) is 11.8 Å². The van der Waals surface area contributed by atoms with Crippen LogP contribution in [0.3, 0.4) is 0 Å². The average Bonchev–Trinajstić information content (AvgIpc) is 2.56. The molecule has 0 saturated heterocycles.